The lowest BCUT2D eigenvalue weighted by molar-refractivity contribution is 0.0951. The number of anilines is 1. The van der Waals surface area contributed by atoms with E-state index in [0.717, 1.165) is 57.4 Å². The average molecular weight is 546 g/mol. The molecule has 3 N–H and O–H groups in total. The van der Waals surface area contributed by atoms with Crippen LogP contribution in [0.15, 0.2) is 59.6 Å². The molecule has 3 aromatic carbocycles. The summed E-state index contributed by atoms with van der Waals surface area (Å²) in [5, 5.41) is 12.0. The lowest BCUT2D eigenvalue weighted by Crippen LogP contribution is -2.38. The third-order valence-electron chi connectivity index (χ3n) is 6.95. The normalized spacial score (nSPS) is 14.4. The number of carbonyl (C=O) groups excluding carboxylic acids is 1. The first-order chi connectivity index (χ1) is 18.5. The molecule has 1 amide bonds. The molecule has 8 nitrogen and oxygen atoms in total. The molecule has 0 spiro atoms. The summed E-state index contributed by atoms with van der Waals surface area (Å²) >= 11 is 0. The van der Waals surface area contributed by atoms with Gasteiger partial charge in [0.1, 0.15) is 0 Å². The third kappa shape index (κ3) is 5.84. The number of hydrogen-bond donors (Lipinski definition) is 3. The first kappa shape index (κ1) is 26.9. The molecule has 1 heterocycles. The highest BCUT2D eigenvalue weighted by atomic mass is 32.2. The van der Waals surface area contributed by atoms with Gasteiger partial charge in [0.05, 0.1) is 22.3 Å². The highest BCUT2D eigenvalue weighted by Crippen LogP contribution is 2.28. The zero-order valence-electron chi connectivity index (χ0n) is 23.0. The number of aromatic nitrogens is 2. The molecule has 1 fully saturated rings. The van der Waals surface area contributed by atoms with Crippen molar-refractivity contribution in [1.29, 1.82) is 0 Å². The van der Waals surface area contributed by atoms with Gasteiger partial charge in [0.15, 0.2) is 0 Å². The molecule has 1 aromatic heterocycles. The van der Waals surface area contributed by atoms with Gasteiger partial charge in [-0.05, 0) is 101 Å². The molecule has 9 heteroatoms. The maximum absolute atomic E-state index is 13.2. The first-order valence-corrected chi connectivity index (χ1v) is 14.7. The fourth-order valence-electron chi connectivity index (χ4n) is 5.09. The van der Waals surface area contributed by atoms with Crippen molar-refractivity contribution in [3.05, 3.63) is 82.5 Å². The molecular formula is C30H35N5O3S. The molecule has 1 aliphatic rings. The third-order valence-corrected chi connectivity index (χ3v) is 8.84. The number of amides is 1. The summed E-state index contributed by atoms with van der Waals surface area (Å²) in [6, 6.07) is 15.3. The van der Waals surface area contributed by atoms with Gasteiger partial charge in [-0.1, -0.05) is 17.7 Å². The van der Waals surface area contributed by atoms with Crippen LogP contribution in [0, 0.1) is 27.7 Å². The van der Waals surface area contributed by atoms with E-state index in [-0.39, 0.29) is 11.9 Å². The molecule has 204 valence electrons. The van der Waals surface area contributed by atoms with Crippen LogP contribution in [0.3, 0.4) is 0 Å². The van der Waals surface area contributed by atoms with Crippen molar-refractivity contribution in [2.45, 2.75) is 64.4 Å². The number of hydrogen-bond acceptors (Lipinski definition) is 5. The van der Waals surface area contributed by atoms with E-state index in [9.17, 15) is 13.2 Å². The largest absolute Gasteiger partial charge is 0.383 e. The predicted molar refractivity (Wildman–Crippen MR) is 155 cm³/mol. The lowest BCUT2D eigenvalue weighted by atomic mass is 10.1. The van der Waals surface area contributed by atoms with E-state index in [1.807, 2.05) is 81.8 Å². The van der Waals surface area contributed by atoms with Gasteiger partial charge in [-0.25, -0.2) is 17.8 Å². The number of sulfonamides is 1. The molecule has 5 rings (SSSR count). The number of fused-ring (bicyclic) bond motifs is 1. The Morgan fingerprint density at radius 3 is 2.28 bits per heavy atom. The smallest absolute Gasteiger partial charge is 0.251 e. The zero-order valence-corrected chi connectivity index (χ0v) is 23.8. The van der Waals surface area contributed by atoms with Gasteiger partial charge in [0, 0.05) is 35.3 Å². The van der Waals surface area contributed by atoms with Gasteiger partial charge in [0.2, 0.25) is 10.0 Å². The summed E-state index contributed by atoms with van der Waals surface area (Å²) in [5.74, 6) is -0.0471. The lowest BCUT2D eigenvalue weighted by Gasteiger charge is -2.19. The van der Waals surface area contributed by atoms with Gasteiger partial charge in [-0.2, -0.15) is 5.10 Å². The number of rotatable bonds is 9. The topological polar surface area (TPSA) is 105 Å². The van der Waals surface area contributed by atoms with Crippen molar-refractivity contribution in [3.8, 4) is 5.69 Å². The Hall–Kier alpha value is -3.69. The molecule has 0 unspecified atom stereocenters. The molecule has 0 saturated heterocycles. The number of carbonyl (C=O) groups is 1. The van der Waals surface area contributed by atoms with Crippen LogP contribution in [-0.4, -0.2) is 42.7 Å². The number of aryl methyl sites for hydroxylation is 4. The van der Waals surface area contributed by atoms with Crippen LogP contribution in [0.1, 0.15) is 52.4 Å². The van der Waals surface area contributed by atoms with Crippen molar-refractivity contribution < 1.29 is 13.2 Å². The maximum atomic E-state index is 13.2. The number of benzene rings is 3. The Bertz CT molecular complexity index is 1630. The zero-order chi connectivity index (χ0) is 27.9. The monoisotopic (exact) mass is 545 g/mol. The van der Waals surface area contributed by atoms with Crippen molar-refractivity contribution in [2.75, 3.05) is 11.9 Å². The van der Waals surface area contributed by atoms with Gasteiger partial charge in [0.25, 0.3) is 5.91 Å². The summed E-state index contributed by atoms with van der Waals surface area (Å²) in [5.41, 5.74) is 6.86. The van der Waals surface area contributed by atoms with Crippen molar-refractivity contribution >= 4 is 32.5 Å². The summed E-state index contributed by atoms with van der Waals surface area (Å²) in [6.45, 7) is 9.88. The Morgan fingerprint density at radius 2 is 1.64 bits per heavy atom. The fraction of sp³-hybridized carbons (Fsp3) is 0.333. The average Bonchev–Trinajstić information content (AvgIpc) is 3.57. The summed E-state index contributed by atoms with van der Waals surface area (Å²) in [6.07, 6.45) is 3.91. The van der Waals surface area contributed by atoms with E-state index in [1.54, 1.807) is 6.20 Å². The van der Waals surface area contributed by atoms with E-state index in [1.165, 1.54) is 0 Å². The standard InChI is InChI=1S/C30H35N5O3S/c1-18-12-20(3)29(21(4)13-18)39(37,38)34-22(5)16-31-27-14-19(2)15-28-26(27)17-32-35(28)25-10-6-23(7-11-25)30(36)33-24-8-9-24/h6-7,10-15,17,22,24,31,34H,8-9,16H2,1-5H3,(H,33,36)/t22-/m0/s1. The molecule has 4 aromatic rings. The summed E-state index contributed by atoms with van der Waals surface area (Å²) in [7, 11) is -3.67. The minimum absolute atomic E-state index is 0.0471. The van der Waals surface area contributed by atoms with Gasteiger partial charge in [-0.3, -0.25) is 4.79 Å². The van der Waals surface area contributed by atoms with Crippen molar-refractivity contribution in [1.82, 2.24) is 19.8 Å². The Morgan fingerprint density at radius 1 is 1.00 bits per heavy atom. The van der Waals surface area contributed by atoms with E-state index in [2.05, 4.69) is 26.5 Å². The molecule has 0 radical (unpaired) electrons. The van der Waals surface area contributed by atoms with Crippen LogP contribution in [0.4, 0.5) is 5.69 Å². The first-order valence-electron chi connectivity index (χ1n) is 13.3. The van der Waals surface area contributed by atoms with Crippen LogP contribution < -0.4 is 15.4 Å². The Labute approximate surface area is 229 Å². The van der Waals surface area contributed by atoms with Gasteiger partial charge in [-0.15, -0.1) is 0 Å². The summed E-state index contributed by atoms with van der Waals surface area (Å²) in [4.78, 5) is 12.7. The second-order valence-corrected chi connectivity index (χ2v) is 12.4. The van der Waals surface area contributed by atoms with E-state index in [0.29, 0.717) is 23.0 Å². The molecule has 39 heavy (non-hydrogen) atoms. The molecule has 0 bridgehead atoms. The van der Waals surface area contributed by atoms with Crippen LogP contribution in [0.25, 0.3) is 16.6 Å². The highest BCUT2D eigenvalue weighted by Gasteiger charge is 2.24. The Balaban J connectivity index is 1.32. The number of nitrogens with one attached hydrogen (secondary N) is 3. The molecule has 1 atom stereocenters. The van der Waals surface area contributed by atoms with Crippen molar-refractivity contribution in [2.24, 2.45) is 0 Å². The van der Waals surface area contributed by atoms with E-state index >= 15 is 0 Å². The maximum Gasteiger partial charge on any atom is 0.251 e. The van der Waals surface area contributed by atoms with Crippen LogP contribution >= 0.6 is 0 Å². The number of nitrogens with zero attached hydrogens (tertiary/aromatic N) is 2. The highest BCUT2D eigenvalue weighted by molar-refractivity contribution is 7.89. The Kier molecular flexibility index (Phi) is 7.22. The minimum atomic E-state index is -3.67. The van der Waals surface area contributed by atoms with Gasteiger partial charge >= 0.3 is 0 Å². The second kappa shape index (κ2) is 10.5. The molecule has 1 aliphatic carbocycles. The SMILES string of the molecule is Cc1cc(C)c(S(=O)(=O)N[C@@H](C)CNc2cc(C)cc3c2cnn3-c2ccc(C(=O)NC3CC3)cc2)c(C)c1. The summed E-state index contributed by atoms with van der Waals surface area (Å²) < 4.78 is 31.0. The second-order valence-electron chi connectivity index (χ2n) is 10.7. The van der Waals surface area contributed by atoms with E-state index < -0.39 is 10.0 Å². The molecule has 0 aliphatic heterocycles. The van der Waals surface area contributed by atoms with Crippen molar-refractivity contribution in [3.63, 3.8) is 0 Å². The minimum Gasteiger partial charge on any atom is -0.383 e. The van der Waals surface area contributed by atoms with Gasteiger partial charge < -0.3 is 10.6 Å². The van der Waals surface area contributed by atoms with Crippen LogP contribution in [0.5, 0.6) is 0 Å². The molecule has 1 saturated carbocycles. The van der Waals surface area contributed by atoms with Crippen LogP contribution in [-0.2, 0) is 10.0 Å². The molecular weight excluding hydrogens is 510 g/mol. The predicted octanol–water partition coefficient (Wildman–Crippen LogP) is 4.93. The fourth-order valence-corrected chi connectivity index (χ4v) is 6.79. The quantitative estimate of drug-likeness (QED) is 0.277. The van der Waals surface area contributed by atoms with Crippen LogP contribution in [0.2, 0.25) is 0 Å². The van der Waals surface area contributed by atoms with E-state index in [4.69, 9.17) is 0 Å².